The fourth-order valence-corrected chi connectivity index (χ4v) is 4.03. The quantitative estimate of drug-likeness (QED) is 0.810. The monoisotopic (exact) mass is 368 g/mol. The van der Waals surface area contributed by atoms with Crippen LogP contribution in [0.1, 0.15) is 26.7 Å². The predicted octanol–water partition coefficient (Wildman–Crippen LogP) is 2.90. The minimum absolute atomic E-state index is 0.159. The molecule has 0 bridgehead atoms. The van der Waals surface area contributed by atoms with Crippen molar-refractivity contribution in [2.45, 2.75) is 37.1 Å². The molecule has 0 spiro atoms. The molecular weight excluding hydrogens is 352 g/mol. The molecule has 108 valence electrons. The third-order valence-corrected chi connectivity index (χ3v) is 5.82. The second kappa shape index (κ2) is 6.54. The molecule has 0 aromatic heterocycles. The molecule has 4 nitrogen and oxygen atoms in total. The summed E-state index contributed by atoms with van der Waals surface area (Å²) in [5.74, 6) is 0. The van der Waals surface area contributed by atoms with Crippen LogP contribution in [0.25, 0.3) is 0 Å². The molecule has 0 aliphatic heterocycles. The van der Waals surface area contributed by atoms with Gasteiger partial charge in [-0.3, -0.25) is 0 Å². The van der Waals surface area contributed by atoms with Crippen LogP contribution in [-0.2, 0) is 10.0 Å². The van der Waals surface area contributed by atoms with Crippen LogP contribution in [0, 0.1) is 0 Å². The summed E-state index contributed by atoms with van der Waals surface area (Å²) in [6, 6.07) is 4.55. The molecule has 1 aromatic carbocycles. The van der Waals surface area contributed by atoms with E-state index in [1.807, 2.05) is 13.8 Å². The second-order valence-electron chi connectivity index (χ2n) is 4.47. The Hall–Kier alpha value is -0.140. The summed E-state index contributed by atoms with van der Waals surface area (Å²) in [5.41, 5.74) is 5.56. The Morgan fingerprint density at radius 3 is 2.42 bits per heavy atom. The van der Waals surface area contributed by atoms with Gasteiger partial charge in [0.2, 0.25) is 10.0 Å². The summed E-state index contributed by atoms with van der Waals surface area (Å²) >= 11 is 9.00. The van der Waals surface area contributed by atoms with Crippen LogP contribution >= 0.6 is 27.5 Å². The fourth-order valence-electron chi connectivity index (χ4n) is 1.51. The second-order valence-corrected chi connectivity index (χ2v) is 7.49. The molecule has 0 saturated carbocycles. The van der Waals surface area contributed by atoms with Crippen molar-refractivity contribution in [3.8, 4) is 0 Å². The van der Waals surface area contributed by atoms with Gasteiger partial charge in [-0.05, 0) is 47.0 Å². The zero-order valence-electron chi connectivity index (χ0n) is 10.9. The Balaban J connectivity index is 2.93. The smallest absolute Gasteiger partial charge is 0.241 e. The van der Waals surface area contributed by atoms with Crippen molar-refractivity contribution >= 4 is 37.6 Å². The maximum absolute atomic E-state index is 12.2. The van der Waals surface area contributed by atoms with Gasteiger partial charge in [-0.2, -0.15) is 0 Å². The van der Waals surface area contributed by atoms with Crippen LogP contribution in [0.5, 0.6) is 0 Å². The maximum atomic E-state index is 12.2. The summed E-state index contributed by atoms with van der Waals surface area (Å²) in [7, 11) is -3.60. The molecule has 0 radical (unpaired) electrons. The molecule has 0 aliphatic rings. The standard InChI is InChI=1S/C12H18BrClN2O2S/c1-3-12(15,4-2)8-16-19(17,18)11-6-5-9(14)7-10(11)13/h5-7,16H,3-4,8,15H2,1-2H3. The van der Waals surface area contributed by atoms with E-state index >= 15 is 0 Å². The third kappa shape index (κ3) is 4.43. The number of rotatable bonds is 6. The third-order valence-electron chi connectivity index (χ3n) is 3.21. The van der Waals surface area contributed by atoms with Crippen LogP contribution in [0.15, 0.2) is 27.6 Å². The van der Waals surface area contributed by atoms with Crippen molar-refractivity contribution in [3.05, 3.63) is 27.7 Å². The number of hydrogen-bond donors (Lipinski definition) is 2. The molecule has 1 aromatic rings. The van der Waals surface area contributed by atoms with Crippen molar-refractivity contribution in [1.29, 1.82) is 0 Å². The zero-order chi connectivity index (χ0) is 14.7. The van der Waals surface area contributed by atoms with E-state index in [1.54, 1.807) is 6.07 Å². The number of benzene rings is 1. The molecule has 19 heavy (non-hydrogen) atoms. The zero-order valence-corrected chi connectivity index (χ0v) is 14.1. The van der Waals surface area contributed by atoms with Crippen molar-refractivity contribution in [2.24, 2.45) is 5.73 Å². The molecule has 3 N–H and O–H groups in total. The number of nitrogens with two attached hydrogens (primary N) is 1. The van der Waals surface area contributed by atoms with Crippen LogP contribution < -0.4 is 10.5 Å². The van der Waals surface area contributed by atoms with Crippen molar-refractivity contribution < 1.29 is 8.42 Å². The van der Waals surface area contributed by atoms with E-state index < -0.39 is 15.6 Å². The molecule has 0 saturated heterocycles. The Bertz CT molecular complexity index is 545. The van der Waals surface area contributed by atoms with Gasteiger partial charge in [-0.25, -0.2) is 13.1 Å². The summed E-state index contributed by atoms with van der Waals surface area (Å²) < 4.78 is 27.4. The average molecular weight is 370 g/mol. The largest absolute Gasteiger partial charge is 0.324 e. The number of halogens is 2. The molecule has 0 unspecified atom stereocenters. The first-order chi connectivity index (χ1) is 8.74. The van der Waals surface area contributed by atoms with Crippen LogP contribution in [0.4, 0.5) is 0 Å². The van der Waals surface area contributed by atoms with Crippen molar-refractivity contribution in [2.75, 3.05) is 6.54 Å². The highest BCUT2D eigenvalue weighted by molar-refractivity contribution is 9.10. The van der Waals surface area contributed by atoms with E-state index in [2.05, 4.69) is 20.7 Å². The van der Waals surface area contributed by atoms with Gasteiger partial charge in [0, 0.05) is 21.6 Å². The highest BCUT2D eigenvalue weighted by Gasteiger charge is 2.25. The minimum atomic E-state index is -3.60. The van der Waals surface area contributed by atoms with Gasteiger partial charge in [-0.1, -0.05) is 25.4 Å². The lowest BCUT2D eigenvalue weighted by atomic mass is 9.95. The molecular formula is C12H18BrClN2O2S. The lowest BCUT2D eigenvalue weighted by Crippen LogP contribution is -2.49. The van der Waals surface area contributed by atoms with E-state index in [1.165, 1.54) is 12.1 Å². The Morgan fingerprint density at radius 1 is 1.37 bits per heavy atom. The predicted molar refractivity (Wildman–Crippen MR) is 81.8 cm³/mol. The molecule has 7 heteroatoms. The SMILES string of the molecule is CCC(N)(CC)CNS(=O)(=O)c1ccc(Cl)cc1Br. The number of hydrogen-bond acceptors (Lipinski definition) is 3. The molecule has 0 amide bonds. The van der Waals surface area contributed by atoms with Gasteiger partial charge in [0.05, 0.1) is 4.90 Å². The van der Waals surface area contributed by atoms with Crippen molar-refractivity contribution in [3.63, 3.8) is 0 Å². The van der Waals surface area contributed by atoms with Gasteiger partial charge in [0.1, 0.15) is 0 Å². The van der Waals surface area contributed by atoms with Gasteiger partial charge in [-0.15, -0.1) is 0 Å². The number of sulfonamides is 1. The molecule has 0 heterocycles. The summed E-state index contributed by atoms with van der Waals surface area (Å²) in [6.07, 6.45) is 1.40. The van der Waals surface area contributed by atoms with Gasteiger partial charge < -0.3 is 5.73 Å². The van der Waals surface area contributed by atoms with Gasteiger partial charge in [0.15, 0.2) is 0 Å². The van der Waals surface area contributed by atoms with E-state index in [-0.39, 0.29) is 11.4 Å². The van der Waals surface area contributed by atoms with E-state index in [9.17, 15) is 8.42 Å². The topological polar surface area (TPSA) is 72.2 Å². The molecule has 0 aliphatic carbocycles. The first-order valence-electron chi connectivity index (χ1n) is 5.97. The summed E-state index contributed by atoms with van der Waals surface area (Å²) in [5, 5.41) is 0.473. The summed E-state index contributed by atoms with van der Waals surface area (Å²) in [6.45, 7) is 4.09. The first kappa shape index (κ1) is 16.9. The minimum Gasteiger partial charge on any atom is -0.324 e. The molecule has 1 rings (SSSR count). The Kier molecular flexibility index (Phi) is 5.82. The normalized spacial score (nSPS) is 12.7. The fraction of sp³-hybridized carbons (Fsp3) is 0.500. The first-order valence-corrected chi connectivity index (χ1v) is 8.63. The van der Waals surface area contributed by atoms with E-state index in [4.69, 9.17) is 17.3 Å². The van der Waals surface area contributed by atoms with Gasteiger partial charge >= 0.3 is 0 Å². The Morgan fingerprint density at radius 2 is 1.95 bits per heavy atom. The van der Waals surface area contributed by atoms with Crippen LogP contribution in [0.2, 0.25) is 5.02 Å². The highest BCUT2D eigenvalue weighted by Crippen LogP contribution is 2.25. The maximum Gasteiger partial charge on any atom is 0.241 e. The lowest BCUT2D eigenvalue weighted by Gasteiger charge is -2.26. The van der Waals surface area contributed by atoms with E-state index in [0.717, 1.165) is 0 Å². The van der Waals surface area contributed by atoms with Crippen LogP contribution in [0.3, 0.4) is 0 Å². The van der Waals surface area contributed by atoms with Gasteiger partial charge in [0.25, 0.3) is 0 Å². The molecule has 0 fully saturated rings. The molecule has 0 atom stereocenters. The number of nitrogens with one attached hydrogen (secondary N) is 1. The Labute approximate surface area is 127 Å². The van der Waals surface area contributed by atoms with Crippen molar-refractivity contribution in [1.82, 2.24) is 4.72 Å². The summed E-state index contributed by atoms with van der Waals surface area (Å²) in [4.78, 5) is 0.159. The average Bonchev–Trinajstić information content (AvgIpc) is 2.35. The highest BCUT2D eigenvalue weighted by atomic mass is 79.9. The lowest BCUT2D eigenvalue weighted by molar-refractivity contribution is 0.391. The van der Waals surface area contributed by atoms with Crippen LogP contribution in [-0.4, -0.2) is 20.5 Å². The van der Waals surface area contributed by atoms with E-state index in [0.29, 0.717) is 22.3 Å².